The third kappa shape index (κ3) is 2.96. The number of fused-ring (bicyclic) bond motifs is 3. The van der Waals surface area contributed by atoms with E-state index in [0.29, 0.717) is 12.0 Å². The first-order chi connectivity index (χ1) is 11.7. The van der Waals surface area contributed by atoms with Crippen LogP contribution >= 0.6 is 0 Å². The van der Waals surface area contributed by atoms with Crippen LogP contribution in [0.25, 0.3) is 0 Å². The molecule has 5 heteroatoms. The first-order valence-electron chi connectivity index (χ1n) is 8.69. The average molecular weight is 344 g/mol. The van der Waals surface area contributed by atoms with Crippen LogP contribution in [-0.4, -0.2) is 29.9 Å². The molecule has 134 valence electrons. The van der Waals surface area contributed by atoms with E-state index in [2.05, 4.69) is 0 Å². The van der Waals surface area contributed by atoms with Gasteiger partial charge in [-0.2, -0.15) is 0 Å². The predicted octanol–water partition coefficient (Wildman–Crippen LogP) is 2.91. The monoisotopic (exact) mass is 344 g/mol. The van der Waals surface area contributed by atoms with Gasteiger partial charge in [0.05, 0.1) is 5.92 Å². The molecule has 2 aliphatic carbocycles. The van der Waals surface area contributed by atoms with Crippen LogP contribution in [0.15, 0.2) is 34.4 Å². The van der Waals surface area contributed by atoms with Gasteiger partial charge < -0.3 is 9.47 Å². The minimum absolute atomic E-state index is 0.0226. The molecule has 0 spiro atoms. The molecule has 1 heterocycles. The van der Waals surface area contributed by atoms with Crippen molar-refractivity contribution in [3.05, 3.63) is 34.4 Å². The summed E-state index contributed by atoms with van der Waals surface area (Å²) >= 11 is 0. The summed E-state index contributed by atoms with van der Waals surface area (Å²) in [6.07, 6.45) is 2.59. The zero-order chi connectivity index (χ0) is 18.5. The fourth-order valence-corrected chi connectivity index (χ4v) is 4.33. The van der Waals surface area contributed by atoms with Crippen molar-refractivity contribution in [2.24, 2.45) is 17.8 Å². The fraction of sp³-hybridized carbons (Fsp3) is 0.550. The molecule has 5 atom stereocenters. The number of esters is 2. The van der Waals surface area contributed by atoms with E-state index in [1.165, 1.54) is 6.08 Å². The van der Waals surface area contributed by atoms with Crippen LogP contribution in [-0.2, 0) is 23.9 Å². The molecule has 1 aliphatic heterocycles. The smallest absolute Gasteiger partial charge is 0.330 e. The lowest BCUT2D eigenvalue weighted by Crippen LogP contribution is -2.37. The van der Waals surface area contributed by atoms with E-state index < -0.39 is 18.2 Å². The molecular formula is C20H24O5. The third-order valence-electron chi connectivity index (χ3n) is 5.41. The summed E-state index contributed by atoms with van der Waals surface area (Å²) in [6.45, 7) is 9.26. The third-order valence-corrected chi connectivity index (χ3v) is 5.41. The largest absolute Gasteiger partial charge is 0.461 e. The Morgan fingerprint density at radius 2 is 1.96 bits per heavy atom. The Morgan fingerprint density at radius 1 is 1.28 bits per heavy atom. The van der Waals surface area contributed by atoms with Crippen molar-refractivity contribution < 1.29 is 23.9 Å². The Labute approximate surface area is 147 Å². The molecule has 0 amide bonds. The molecule has 1 fully saturated rings. The molecule has 1 saturated heterocycles. The summed E-state index contributed by atoms with van der Waals surface area (Å²) in [5.41, 5.74) is 3.38. The van der Waals surface area contributed by atoms with E-state index in [9.17, 15) is 14.4 Å². The molecule has 25 heavy (non-hydrogen) atoms. The van der Waals surface area contributed by atoms with Gasteiger partial charge in [-0.15, -0.1) is 0 Å². The molecule has 3 aliphatic rings. The van der Waals surface area contributed by atoms with Gasteiger partial charge >= 0.3 is 11.9 Å². The van der Waals surface area contributed by atoms with Crippen molar-refractivity contribution in [1.82, 2.24) is 0 Å². The van der Waals surface area contributed by atoms with Gasteiger partial charge in [0.2, 0.25) is 0 Å². The number of ether oxygens (including phenoxy) is 2. The van der Waals surface area contributed by atoms with Gasteiger partial charge in [0, 0.05) is 29.9 Å². The lowest BCUT2D eigenvalue weighted by molar-refractivity contribution is -0.147. The van der Waals surface area contributed by atoms with E-state index in [1.54, 1.807) is 6.08 Å². The Hall–Kier alpha value is -2.17. The molecule has 5 nitrogen and oxygen atoms in total. The zero-order valence-electron chi connectivity index (χ0n) is 15.3. The standard InChI is InChI=1S/C20H24O5/c1-9(2)6-15(22)24-14-8-11(4)16-13(21)7-10(3)17(16)19-18(14)12(5)20(23)25-19/h6-7,12,14,17-19H,8H2,1-5H3/t12-,14-,17-,18+,19+/m0/s1. The summed E-state index contributed by atoms with van der Waals surface area (Å²) in [6, 6.07) is 0. The number of allylic oxidation sites excluding steroid dienone is 2. The SMILES string of the molecule is CC(C)=CC(=O)O[C@H]1CC(C)=C2C(=O)C=C(C)[C@@H]2[C@H]2OC(=O)[C@@H](C)[C@@H]21. The molecule has 0 bridgehead atoms. The van der Waals surface area contributed by atoms with Crippen LogP contribution in [0, 0.1) is 17.8 Å². The van der Waals surface area contributed by atoms with Crippen LogP contribution in [0.3, 0.4) is 0 Å². The van der Waals surface area contributed by atoms with Crippen molar-refractivity contribution >= 4 is 17.7 Å². The fourth-order valence-electron chi connectivity index (χ4n) is 4.33. The highest BCUT2D eigenvalue weighted by Gasteiger charge is 2.55. The maximum Gasteiger partial charge on any atom is 0.330 e. The minimum Gasteiger partial charge on any atom is -0.461 e. The highest BCUT2D eigenvalue weighted by molar-refractivity contribution is 6.09. The zero-order valence-corrected chi connectivity index (χ0v) is 15.3. The highest BCUT2D eigenvalue weighted by atomic mass is 16.6. The van der Waals surface area contributed by atoms with Crippen LogP contribution in [0.5, 0.6) is 0 Å². The summed E-state index contributed by atoms with van der Waals surface area (Å²) in [4.78, 5) is 36.8. The Balaban J connectivity index is 2.01. The van der Waals surface area contributed by atoms with Gasteiger partial charge in [0.25, 0.3) is 0 Å². The summed E-state index contributed by atoms with van der Waals surface area (Å²) < 4.78 is 11.4. The van der Waals surface area contributed by atoms with Crippen LogP contribution in [0.2, 0.25) is 0 Å². The number of hydrogen-bond donors (Lipinski definition) is 0. The average Bonchev–Trinajstić information content (AvgIpc) is 2.89. The highest BCUT2D eigenvalue weighted by Crippen LogP contribution is 2.48. The number of hydrogen-bond acceptors (Lipinski definition) is 5. The number of ketones is 1. The summed E-state index contributed by atoms with van der Waals surface area (Å²) in [5, 5.41) is 0. The Morgan fingerprint density at radius 3 is 2.60 bits per heavy atom. The van der Waals surface area contributed by atoms with Gasteiger partial charge in [0.1, 0.15) is 12.2 Å². The summed E-state index contributed by atoms with van der Waals surface area (Å²) in [7, 11) is 0. The van der Waals surface area contributed by atoms with Crippen LogP contribution in [0.1, 0.15) is 41.0 Å². The van der Waals surface area contributed by atoms with Gasteiger partial charge in [-0.3, -0.25) is 9.59 Å². The quantitative estimate of drug-likeness (QED) is 0.569. The molecule has 0 aromatic heterocycles. The van der Waals surface area contributed by atoms with Crippen LogP contribution < -0.4 is 0 Å². The molecule has 0 aromatic rings. The van der Waals surface area contributed by atoms with E-state index in [1.807, 2.05) is 34.6 Å². The van der Waals surface area contributed by atoms with Crippen molar-refractivity contribution in [2.75, 3.05) is 0 Å². The molecule has 3 rings (SSSR count). The van der Waals surface area contributed by atoms with Crippen LogP contribution in [0.4, 0.5) is 0 Å². The molecule has 0 unspecified atom stereocenters. The van der Waals surface area contributed by atoms with Gasteiger partial charge in [0.15, 0.2) is 5.78 Å². The molecule has 0 N–H and O–H groups in total. The maximum atomic E-state index is 12.4. The van der Waals surface area contributed by atoms with E-state index in [-0.39, 0.29) is 29.5 Å². The summed E-state index contributed by atoms with van der Waals surface area (Å²) in [5.74, 6) is -1.58. The minimum atomic E-state index is -0.478. The van der Waals surface area contributed by atoms with E-state index in [0.717, 1.165) is 16.7 Å². The van der Waals surface area contributed by atoms with E-state index >= 15 is 0 Å². The molecule has 0 aromatic carbocycles. The second-order valence-corrected chi connectivity index (χ2v) is 7.59. The molecular weight excluding hydrogens is 320 g/mol. The Kier molecular flexibility index (Phi) is 4.43. The number of rotatable bonds is 2. The lowest BCUT2D eigenvalue weighted by Gasteiger charge is -2.29. The van der Waals surface area contributed by atoms with Gasteiger partial charge in [-0.1, -0.05) is 23.6 Å². The normalized spacial score (nSPS) is 34.0. The first kappa shape index (κ1) is 17.6. The van der Waals surface area contributed by atoms with Crippen molar-refractivity contribution in [3.63, 3.8) is 0 Å². The van der Waals surface area contributed by atoms with Gasteiger partial charge in [-0.25, -0.2) is 4.79 Å². The lowest BCUT2D eigenvalue weighted by atomic mass is 9.79. The number of carbonyl (C=O) groups excluding carboxylic acids is 3. The maximum absolute atomic E-state index is 12.4. The Bertz CT molecular complexity index is 735. The van der Waals surface area contributed by atoms with E-state index in [4.69, 9.17) is 9.47 Å². The van der Waals surface area contributed by atoms with Gasteiger partial charge in [-0.05, 0) is 33.8 Å². The second kappa shape index (κ2) is 6.28. The predicted molar refractivity (Wildman–Crippen MR) is 91.4 cm³/mol. The first-order valence-corrected chi connectivity index (χ1v) is 8.69. The van der Waals surface area contributed by atoms with Crippen molar-refractivity contribution in [1.29, 1.82) is 0 Å². The molecule has 0 radical (unpaired) electrons. The topological polar surface area (TPSA) is 69.7 Å². The van der Waals surface area contributed by atoms with Crippen molar-refractivity contribution in [3.8, 4) is 0 Å². The van der Waals surface area contributed by atoms with Crippen molar-refractivity contribution in [2.45, 2.75) is 53.2 Å². The molecule has 0 saturated carbocycles. The number of carbonyl (C=O) groups is 3. The second-order valence-electron chi connectivity index (χ2n) is 7.59.